The highest BCUT2D eigenvalue weighted by Gasteiger charge is 2.12. The average molecular weight is 357 g/mol. The molecule has 9 heteroatoms. The van der Waals surface area contributed by atoms with Crippen molar-refractivity contribution in [3.8, 4) is 11.5 Å². The Labute approximate surface area is 149 Å². The molecule has 0 atom stereocenters. The fourth-order valence-corrected chi connectivity index (χ4v) is 2.14. The minimum absolute atomic E-state index is 0.00512. The van der Waals surface area contributed by atoms with Gasteiger partial charge < -0.3 is 15.2 Å². The van der Waals surface area contributed by atoms with Crippen molar-refractivity contribution in [2.45, 2.75) is 6.92 Å². The van der Waals surface area contributed by atoms with Crippen molar-refractivity contribution < 1.29 is 19.6 Å². The number of nitrogens with zero attached hydrogens (tertiary/aromatic N) is 2. The fourth-order valence-electron chi connectivity index (χ4n) is 2.14. The molecule has 0 aliphatic carbocycles. The van der Waals surface area contributed by atoms with E-state index in [1.165, 1.54) is 19.4 Å². The summed E-state index contributed by atoms with van der Waals surface area (Å²) in [5.74, 6) is -1.39. The zero-order valence-electron chi connectivity index (χ0n) is 14.2. The smallest absolute Gasteiger partial charge is 0.266 e. The maximum absolute atomic E-state index is 11.8. The molecular weight excluding hydrogens is 340 g/mol. The van der Waals surface area contributed by atoms with Gasteiger partial charge in [-0.15, -0.1) is 0 Å². The lowest BCUT2D eigenvalue weighted by atomic mass is 10.2. The number of amides is 1. The Kier molecular flexibility index (Phi) is 6.10. The number of nitrogens with one attached hydrogen (secondary N) is 2. The third kappa shape index (κ3) is 4.69. The summed E-state index contributed by atoms with van der Waals surface area (Å²) in [6, 6.07) is 9.87. The molecule has 2 aromatic rings. The van der Waals surface area contributed by atoms with Gasteiger partial charge in [0, 0.05) is 23.1 Å². The van der Waals surface area contributed by atoms with Crippen molar-refractivity contribution >= 4 is 23.5 Å². The Hall–Kier alpha value is -3.62. The molecule has 26 heavy (non-hydrogen) atoms. The van der Waals surface area contributed by atoms with Crippen LogP contribution in [0.2, 0.25) is 0 Å². The molecule has 0 unspecified atom stereocenters. The second kappa shape index (κ2) is 8.47. The van der Waals surface area contributed by atoms with Crippen LogP contribution in [0.5, 0.6) is 11.5 Å². The summed E-state index contributed by atoms with van der Waals surface area (Å²) < 4.78 is 4.83. The van der Waals surface area contributed by atoms with E-state index in [0.717, 1.165) is 17.3 Å². The molecule has 0 aliphatic heterocycles. The summed E-state index contributed by atoms with van der Waals surface area (Å²) in [6.45, 7) is 1.92. The van der Waals surface area contributed by atoms with E-state index < -0.39 is 22.3 Å². The van der Waals surface area contributed by atoms with E-state index in [0.29, 0.717) is 0 Å². The maximum Gasteiger partial charge on any atom is 0.266 e. The highest BCUT2D eigenvalue weighted by atomic mass is 16.6. The van der Waals surface area contributed by atoms with Crippen LogP contribution in [0, 0.1) is 17.0 Å². The first-order valence-electron chi connectivity index (χ1n) is 7.57. The Morgan fingerprint density at radius 2 is 2.08 bits per heavy atom. The molecule has 0 fully saturated rings. The van der Waals surface area contributed by atoms with E-state index >= 15 is 0 Å². The molecular formula is C17H17N4O5-. The third-order valence-electron chi connectivity index (χ3n) is 3.46. The lowest BCUT2D eigenvalue weighted by Gasteiger charge is -2.13. The average Bonchev–Trinajstić information content (AvgIpc) is 2.62. The van der Waals surface area contributed by atoms with Crippen molar-refractivity contribution in [3.63, 3.8) is 0 Å². The van der Waals surface area contributed by atoms with Crippen LogP contribution in [0.15, 0.2) is 41.5 Å². The quantitative estimate of drug-likeness (QED) is 0.439. The summed E-state index contributed by atoms with van der Waals surface area (Å²) in [7, 11) is 1.24. The van der Waals surface area contributed by atoms with Gasteiger partial charge in [-0.25, -0.2) is 5.43 Å². The summed E-state index contributed by atoms with van der Waals surface area (Å²) in [6.07, 6.45) is 1.20. The highest BCUT2D eigenvalue weighted by molar-refractivity contribution is 5.86. The van der Waals surface area contributed by atoms with Gasteiger partial charge in [-0.1, -0.05) is 18.2 Å². The second-order valence-corrected chi connectivity index (χ2v) is 5.29. The van der Waals surface area contributed by atoms with Crippen molar-refractivity contribution in [2.24, 2.45) is 5.10 Å². The number of carbonyl (C=O) groups is 1. The van der Waals surface area contributed by atoms with Gasteiger partial charge in [0.25, 0.3) is 11.6 Å². The number of benzene rings is 2. The molecule has 0 aliphatic rings. The Balaban J connectivity index is 1.99. The standard InChI is InChI=1S/C17H18N4O5/c1-11-5-3-4-6-13(11)18-10-16(22)20-19-9-12-7-14(21(24)25)17(23)15(8-12)26-2/h3-9,18,23H,10H2,1-2H3,(H,20,22)/p-1/b19-9+. The van der Waals surface area contributed by atoms with Crippen LogP contribution in [-0.4, -0.2) is 30.7 Å². The van der Waals surface area contributed by atoms with Gasteiger partial charge >= 0.3 is 0 Å². The minimum atomic E-state index is -0.818. The number of nitro benzene ring substituents is 1. The van der Waals surface area contributed by atoms with Crippen LogP contribution in [0.1, 0.15) is 11.1 Å². The Morgan fingerprint density at radius 1 is 1.35 bits per heavy atom. The monoisotopic (exact) mass is 357 g/mol. The van der Waals surface area contributed by atoms with Gasteiger partial charge in [0.2, 0.25) is 0 Å². The van der Waals surface area contributed by atoms with Crippen LogP contribution in [0.3, 0.4) is 0 Å². The number of aryl methyl sites for hydroxylation is 1. The Morgan fingerprint density at radius 3 is 2.73 bits per heavy atom. The highest BCUT2D eigenvalue weighted by Crippen LogP contribution is 2.33. The van der Waals surface area contributed by atoms with E-state index in [1.54, 1.807) is 0 Å². The fraction of sp³-hybridized carbons (Fsp3) is 0.176. The van der Waals surface area contributed by atoms with E-state index in [1.807, 2.05) is 31.2 Å². The van der Waals surface area contributed by atoms with Crippen LogP contribution in [-0.2, 0) is 4.79 Å². The van der Waals surface area contributed by atoms with E-state index in [2.05, 4.69) is 15.8 Å². The molecule has 0 radical (unpaired) electrons. The van der Waals surface area contributed by atoms with Gasteiger partial charge in [0.1, 0.15) is 5.75 Å². The first-order valence-corrected chi connectivity index (χ1v) is 7.57. The lowest BCUT2D eigenvalue weighted by Crippen LogP contribution is -2.26. The lowest BCUT2D eigenvalue weighted by molar-refractivity contribution is -0.398. The number of nitro groups is 1. The van der Waals surface area contributed by atoms with Crippen molar-refractivity contribution in [2.75, 3.05) is 19.0 Å². The number of hydrogen-bond acceptors (Lipinski definition) is 7. The maximum atomic E-state index is 11.8. The van der Waals surface area contributed by atoms with Gasteiger partial charge in [0.05, 0.1) is 24.8 Å². The SMILES string of the molecule is COc1cc(/C=N/NC(=O)CNc2ccccc2C)cc([N+](=O)[O-])c1[O-]. The van der Waals surface area contributed by atoms with Crippen LogP contribution >= 0.6 is 0 Å². The second-order valence-electron chi connectivity index (χ2n) is 5.29. The van der Waals surface area contributed by atoms with Gasteiger partial charge in [-0.05, 0) is 24.6 Å². The van der Waals surface area contributed by atoms with Crippen LogP contribution in [0.4, 0.5) is 11.4 Å². The molecule has 0 aromatic heterocycles. The molecule has 136 valence electrons. The number of hydrazone groups is 1. The topological polar surface area (TPSA) is 129 Å². The number of anilines is 1. The molecule has 0 heterocycles. The molecule has 2 N–H and O–H groups in total. The third-order valence-corrected chi connectivity index (χ3v) is 3.46. The molecule has 1 amide bonds. The van der Waals surface area contributed by atoms with Gasteiger partial charge in [-0.2, -0.15) is 5.10 Å². The van der Waals surface area contributed by atoms with E-state index in [9.17, 15) is 20.0 Å². The van der Waals surface area contributed by atoms with Crippen LogP contribution in [0.25, 0.3) is 0 Å². The number of carbonyl (C=O) groups excluding carboxylic acids is 1. The number of ether oxygens (including phenoxy) is 1. The molecule has 2 rings (SSSR count). The summed E-state index contributed by atoms with van der Waals surface area (Å²) in [4.78, 5) is 21.9. The van der Waals surface area contributed by atoms with E-state index in [4.69, 9.17) is 4.74 Å². The molecule has 9 nitrogen and oxygen atoms in total. The summed E-state index contributed by atoms with van der Waals surface area (Å²) in [5, 5.41) is 29.3. The minimum Gasteiger partial charge on any atom is -0.865 e. The number of hydrogen-bond donors (Lipinski definition) is 2. The van der Waals surface area contributed by atoms with Crippen molar-refractivity contribution in [3.05, 3.63) is 57.6 Å². The van der Waals surface area contributed by atoms with Crippen molar-refractivity contribution in [1.82, 2.24) is 5.43 Å². The molecule has 0 saturated carbocycles. The predicted octanol–water partition coefficient (Wildman–Crippen LogP) is 1.55. The molecule has 0 saturated heterocycles. The summed E-state index contributed by atoms with van der Waals surface area (Å²) in [5.41, 5.74) is 3.76. The molecule has 0 spiro atoms. The van der Waals surface area contributed by atoms with Gasteiger partial charge in [0.15, 0.2) is 0 Å². The zero-order chi connectivity index (χ0) is 19.1. The first kappa shape index (κ1) is 18.7. The largest absolute Gasteiger partial charge is 0.865 e. The zero-order valence-corrected chi connectivity index (χ0v) is 14.2. The number of rotatable bonds is 7. The Bertz CT molecular complexity index is 851. The van der Waals surface area contributed by atoms with E-state index in [-0.39, 0.29) is 17.9 Å². The van der Waals surface area contributed by atoms with Crippen LogP contribution < -0.4 is 20.6 Å². The van der Waals surface area contributed by atoms with Crippen molar-refractivity contribution in [1.29, 1.82) is 0 Å². The number of para-hydroxylation sites is 1. The predicted molar refractivity (Wildman–Crippen MR) is 94.5 cm³/mol. The first-order chi connectivity index (χ1) is 12.4. The molecule has 2 aromatic carbocycles. The van der Waals surface area contributed by atoms with Gasteiger partial charge in [-0.3, -0.25) is 14.9 Å². The number of methoxy groups -OCH3 is 1. The summed E-state index contributed by atoms with van der Waals surface area (Å²) >= 11 is 0. The normalized spacial score (nSPS) is 10.5. The molecule has 0 bridgehead atoms.